The molecule has 1 fully saturated rings. The Labute approximate surface area is 122 Å². The maximum atomic E-state index is 11.7. The normalized spacial score (nSPS) is 18.7. The van der Waals surface area contributed by atoms with Crippen LogP contribution in [0.25, 0.3) is 0 Å². The molecule has 0 saturated carbocycles. The van der Waals surface area contributed by atoms with E-state index in [1.807, 2.05) is 18.2 Å². The van der Waals surface area contributed by atoms with Gasteiger partial charge in [-0.15, -0.1) is 0 Å². The highest BCUT2D eigenvalue weighted by molar-refractivity contribution is 5.75. The summed E-state index contributed by atoms with van der Waals surface area (Å²) in [4.78, 5) is 11.7. The molecule has 0 aromatic heterocycles. The molecule has 1 amide bonds. The fourth-order valence-electron chi connectivity index (χ4n) is 2.77. The Morgan fingerprint density at radius 2 is 2.15 bits per heavy atom. The molecule has 3 nitrogen and oxygen atoms in total. The standard InChI is InChI=1S/C17H26N2O/c20-17(10-4-8-15-6-2-1-3-7-15)19-13-11-16-9-5-12-18-14-16/h1-3,6-7,16,18H,4-5,8-14H2,(H,19,20). The third kappa shape index (κ3) is 5.74. The topological polar surface area (TPSA) is 41.1 Å². The minimum atomic E-state index is 0.199. The van der Waals surface area contributed by atoms with Crippen molar-refractivity contribution in [3.8, 4) is 0 Å². The van der Waals surface area contributed by atoms with Crippen molar-refractivity contribution in [2.24, 2.45) is 5.92 Å². The SMILES string of the molecule is O=C(CCCc1ccccc1)NCCC1CCCNC1. The van der Waals surface area contributed by atoms with Gasteiger partial charge in [-0.3, -0.25) is 4.79 Å². The van der Waals surface area contributed by atoms with Gasteiger partial charge in [-0.05, 0) is 56.7 Å². The van der Waals surface area contributed by atoms with Gasteiger partial charge in [0, 0.05) is 13.0 Å². The lowest BCUT2D eigenvalue weighted by atomic mass is 9.96. The number of piperidine rings is 1. The van der Waals surface area contributed by atoms with E-state index in [4.69, 9.17) is 0 Å². The summed E-state index contributed by atoms with van der Waals surface area (Å²) in [6.07, 6.45) is 6.24. The van der Waals surface area contributed by atoms with Gasteiger partial charge in [-0.25, -0.2) is 0 Å². The van der Waals surface area contributed by atoms with E-state index in [0.717, 1.165) is 44.8 Å². The number of carbonyl (C=O) groups excluding carboxylic acids is 1. The number of hydrogen-bond acceptors (Lipinski definition) is 2. The van der Waals surface area contributed by atoms with Gasteiger partial charge in [0.25, 0.3) is 0 Å². The fraction of sp³-hybridized carbons (Fsp3) is 0.588. The van der Waals surface area contributed by atoms with E-state index >= 15 is 0 Å². The van der Waals surface area contributed by atoms with E-state index in [0.29, 0.717) is 6.42 Å². The molecule has 1 aliphatic rings. The summed E-state index contributed by atoms with van der Waals surface area (Å²) in [7, 11) is 0. The summed E-state index contributed by atoms with van der Waals surface area (Å²) in [5.74, 6) is 0.943. The summed E-state index contributed by atoms with van der Waals surface area (Å²) in [5.41, 5.74) is 1.31. The Morgan fingerprint density at radius 1 is 1.30 bits per heavy atom. The first kappa shape index (κ1) is 15.0. The monoisotopic (exact) mass is 274 g/mol. The minimum absolute atomic E-state index is 0.199. The van der Waals surface area contributed by atoms with Crippen molar-refractivity contribution in [1.29, 1.82) is 0 Å². The summed E-state index contributed by atoms with van der Waals surface area (Å²) in [6, 6.07) is 10.4. The van der Waals surface area contributed by atoms with Gasteiger partial charge in [-0.1, -0.05) is 30.3 Å². The van der Waals surface area contributed by atoms with E-state index < -0.39 is 0 Å². The zero-order valence-corrected chi connectivity index (χ0v) is 12.2. The van der Waals surface area contributed by atoms with Crippen molar-refractivity contribution in [3.05, 3.63) is 35.9 Å². The zero-order valence-electron chi connectivity index (χ0n) is 12.2. The number of benzene rings is 1. The van der Waals surface area contributed by atoms with Crippen molar-refractivity contribution < 1.29 is 4.79 Å². The smallest absolute Gasteiger partial charge is 0.220 e. The average Bonchev–Trinajstić information content (AvgIpc) is 2.49. The number of rotatable bonds is 7. The van der Waals surface area contributed by atoms with E-state index in [-0.39, 0.29) is 5.91 Å². The van der Waals surface area contributed by atoms with Gasteiger partial charge in [0.15, 0.2) is 0 Å². The molecule has 0 radical (unpaired) electrons. The zero-order chi connectivity index (χ0) is 14.0. The Morgan fingerprint density at radius 3 is 2.90 bits per heavy atom. The lowest BCUT2D eigenvalue weighted by Gasteiger charge is -2.22. The van der Waals surface area contributed by atoms with E-state index in [1.165, 1.54) is 18.4 Å². The number of aryl methyl sites for hydroxylation is 1. The van der Waals surface area contributed by atoms with Gasteiger partial charge in [0.1, 0.15) is 0 Å². The molecule has 1 heterocycles. The largest absolute Gasteiger partial charge is 0.356 e. The summed E-state index contributed by atoms with van der Waals surface area (Å²) < 4.78 is 0. The van der Waals surface area contributed by atoms with Crippen LogP contribution >= 0.6 is 0 Å². The van der Waals surface area contributed by atoms with Crippen LogP contribution in [0.1, 0.15) is 37.7 Å². The molecule has 110 valence electrons. The number of nitrogens with one attached hydrogen (secondary N) is 2. The first-order chi connectivity index (χ1) is 9.84. The summed E-state index contributed by atoms with van der Waals surface area (Å²) in [5, 5.41) is 6.46. The van der Waals surface area contributed by atoms with Crippen LogP contribution in [0.2, 0.25) is 0 Å². The van der Waals surface area contributed by atoms with Crippen molar-refractivity contribution in [2.75, 3.05) is 19.6 Å². The van der Waals surface area contributed by atoms with Crippen LogP contribution in [0.3, 0.4) is 0 Å². The molecule has 3 heteroatoms. The summed E-state index contributed by atoms with van der Waals surface area (Å²) >= 11 is 0. The van der Waals surface area contributed by atoms with Crippen LogP contribution < -0.4 is 10.6 Å². The van der Waals surface area contributed by atoms with Crippen LogP contribution in [0.15, 0.2) is 30.3 Å². The van der Waals surface area contributed by atoms with E-state index in [1.54, 1.807) is 0 Å². The maximum Gasteiger partial charge on any atom is 0.220 e. The molecule has 2 N–H and O–H groups in total. The van der Waals surface area contributed by atoms with Gasteiger partial charge in [-0.2, -0.15) is 0 Å². The first-order valence-electron chi connectivity index (χ1n) is 7.86. The molecular weight excluding hydrogens is 248 g/mol. The van der Waals surface area contributed by atoms with Crippen molar-refractivity contribution in [2.45, 2.75) is 38.5 Å². The van der Waals surface area contributed by atoms with Crippen LogP contribution in [0.5, 0.6) is 0 Å². The van der Waals surface area contributed by atoms with E-state index in [2.05, 4.69) is 22.8 Å². The quantitative estimate of drug-likeness (QED) is 0.802. The second-order valence-electron chi connectivity index (χ2n) is 5.69. The van der Waals surface area contributed by atoms with Crippen LogP contribution in [0.4, 0.5) is 0 Å². The second-order valence-corrected chi connectivity index (χ2v) is 5.69. The number of hydrogen-bond donors (Lipinski definition) is 2. The molecule has 0 bridgehead atoms. The molecule has 1 atom stereocenters. The average molecular weight is 274 g/mol. The Balaban J connectivity index is 1.52. The highest BCUT2D eigenvalue weighted by Crippen LogP contribution is 2.12. The third-order valence-corrected chi connectivity index (χ3v) is 3.99. The fourth-order valence-corrected chi connectivity index (χ4v) is 2.77. The molecule has 2 rings (SSSR count). The van der Waals surface area contributed by atoms with Crippen molar-refractivity contribution in [3.63, 3.8) is 0 Å². The maximum absolute atomic E-state index is 11.7. The molecule has 20 heavy (non-hydrogen) atoms. The predicted octanol–water partition coefficient (Wildman–Crippen LogP) is 2.52. The molecule has 1 unspecified atom stereocenters. The van der Waals surface area contributed by atoms with Gasteiger partial charge in [0.05, 0.1) is 0 Å². The second kappa shape index (κ2) is 8.75. The molecule has 1 aliphatic heterocycles. The van der Waals surface area contributed by atoms with Crippen molar-refractivity contribution in [1.82, 2.24) is 10.6 Å². The van der Waals surface area contributed by atoms with Gasteiger partial charge < -0.3 is 10.6 Å². The van der Waals surface area contributed by atoms with Crippen LogP contribution in [-0.2, 0) is 11.2 Å². The predicted molar refractivity (Wildman–Crippen MR) is 82.6 cm³/mol. The third-order valence-electron chi connectivity index (χ3n) is 3.99. The highest BCUT2D eigenvalue weighted by atomic mass is 16.1. The molecule has 0 aliphatic carbocycles. The molecule has 1 saturated heterocycles. The summed E-state index contributed by atoms with van der Waals surface area (Å²) in [6.45, 7) is 3.10. The molecule has 1 aromatic carbocycles. The molecular formula is C17H26N2O. The Kier molecular flexibility index (Phi) is 6.58. The van der Waals surface area contributed by atoms with Gasteiger partial charge in [0.2, 0.25) is 5.91 Å². The highest BCUT2D eigenvalue weighted by Gasteiger charge is 2.12. The Hall–Kier alpha value is -1.35. The van der Waals surface area contributed by atoms with E-state index in [9.17, 15) is 4.79 Å². The Bertz CT molecular complexity index is 385. The lowest BCUT2D eigenvalue weighted by Crippen LogP contribution is -2.33. The van der Waals surface area contributed by atoms with Crippen molar-refractivity contribution >= 4 is 5.91 Å². The first-order valence-corrected chi connectivity index (χ1v) is 7.86. The number of amides is 1. The lowest BCUT2D eigenvalue weighted by molar-refractivity contribution is -0.121. The van der Waals surface area contributed by atoms with Gasteiger partial charge >= 0.3 is 0 Å². The molecule has 0 spiro atoms. The van der Waals surface area contributed by atoms with Crippen LogP contribution in [0, 0.1) is 5.92 Å². The van der Waals surface area contributed by atoms with Crippen LogP contribution in [-0.4, -0.2) is 25.5 Å². The number of carbonyl (C=O) groups is 1. The molecule has 1 aromatic rings. The minimum Gasteiger partial charge on any atom is -0.356 e.